The Bertz CT molecular complexity index is 963. The van der Waals surface area contributed by atoms with Crippen LogP contribution >= 0.6 is 0 Å². The molecule has 1 fully saturated rings. The highest BCUT2D eigenvalue weighted by Gasteiger charge is 2.21. The fraction of sp³-hybridized carbons (Fsp3) is 0.286. The number of nitrogens with zero attached hydrogens (tertiary/aromatic N) is 5. The van der Waals surface area contributed by atoms with Crippen LogP contribution in [0, 0.1) is 5.82 Å². The fourth-order valence-corrected chi connectivity index (χ4v) is 3.55. The van der Waals surface area contributed by atoms with Gasteiger partial charge in [-0.2, -0.15) is 5.10 Å². The molecule has 0 saturated carbocycles. The van der Waals surface area contributed by atoms with Crippen LogP contribution in [0.2, 0.25) is 0 Å². The summed E-state index contributed by atoms with van der Waals surface area (Å²) in [6, 6.07) is 15.1. The van der Waals surface area contributed by atoms with Crippen LogP contribution in [0.15, 0.2) is 59.9 Å². The van der Waals surface area contributed by atoms with Crippen molar-refractivity contribution >= 4 is 11.6 Å². The normalized spacial score (nSPS) is 14.9. The molecular weight excluding hydrogens is 369 g/mol. The van der Waals surface area contributed by atoms with Gasteiger partial charge in [0.05, 0.1) is 5.69 Å². The molecule has 0 atom stereocenters. The van der Waals surface area contributed by atoms with Crippen molar-refractivity contribution in [1.82, 2.24) is 25.4 Å². The Kier molecular flexibility index (Phi) is 5.69. The van der Waals surface area contributed by atoms with Crippen molar-refractivity contribution in [3.63, 3.8) is 0 Å². The van der Waals surface area contributed by atoms with E-state index in [1.165, 1.54) is 12.4 Å². The molecule has 1 saturated heterocycles. The van der Waals surface area contributed by atoms with Crippen molar-refractivity contribution in [3.05, 3.63) is 66.2 Å². The van der Waals surface area contributed by atoms with Crippen LogP contribution < -0.4 is 10.2 Å². The molecule has 0 unspecified atom stereocenters. The number of anilines is 1. The molecule has 8 heteroatoms. The molecule has 1 aromatic heterocycles. The molecule has 3 aromatic rings. The maximum Gasteiger partial charge on any atom is 0.194 e. The number of piperazine rings is 1. The Labute approximate surface area is 169 Å². The standard InChI is InChI=1S/C21H24FN7/c1-23-21(24-14-16-5-4-6-17(13-16)20-25-15-26-27-20)29-11-9-28(10-12-29)19-8-3-2-7-18(19)22/h2-8,13,15H,9-12,14H2,1H3,(H,23,24)(H,25,26,27). The van der Waals surface area contributed by atoms with Crippen LogP contribution in [0.5, 0.6) is 0 Å². The Morgan fingerprint density at radius 1 is 1.14 bits per heavy atom. The van der Waals surface area contributed by atoms with E-state index in [2.05, 4.69) is 47.4 Å². The topological polar surface area (TPSA) is 72.4 Å². The van der Waals surface area contributed by atoms with Gasteiger partial charge >= 0.3 is 0 Å². The van der Waals surface area contributed by atoms with E-state index in [0.717, 1.165) is 49.1 Å². The average molecular weight is 393 g/mol. The average Bonchev–Trinajstić information content (AvgIpc) is 3.30. The lowest BCUT2D eigenvalue weighted by Crippen LogP contribution is -2.52. The van der Waals surface area contributed by atoms with Crippen LogP contribution in [0.3, 0.4) is 0 Å². The van der Waals surface area contributed by atoms with Crippen LogP contribution in [0.4, 0.5) is 10.1 Å². The second kappa shape index (κ2) is 8.72. The number of aromatic nitrogens is 3. The van der Waals surface area contributed by atoms with E-state index >= 15 is 0 Å². The van der Waals surface area contributed by atoms with Gasteiger partial charge in [0.15, 0.2) is 11.8 Å². The highest BCUT2D eigenvalue weighted by molar-refractivity contribution is 5.80. The van der Waals surface area contributed by atoms with Gasteiger partial charge in [0, 0.05) is 45.3 Å². The molecule has 150 valence electrons. The number of hydrogen-bond donors (Lipinski definition) is 2. The lowest BCUT2D eigenvalue weighted by Gasteiger charge is -2.37. The van der Waals surface area contributed by atoms with E-state index in [1.807, 2.05) is 24.3 Å². The van der Waals surface area contributed by atoms with E-state index in [1.54, 1.807) is 13.1 Å². The van der Waals surface area contributed by atoms with E-state index in [9.17, 15) is 4.39 Å². The molecule has 2 aromatic carbocycles. The summed E-state index contributed by atoms with van der Waals surface area (Å²) in [6.07, 6.45) is 1.50. The molecular formula is C21H24FN7. The zero-order chi connectivity index (χ0) is 20.1. The van der Waals surface area contributed by atoms with Gasteiger partial charge in [-0.25, -0.2) is 9.37 Å². The Balaban J connectivity index is 1.35. The first kappa shape index (κ1) is 18.9. The summed E-state index contributed by atoms with van der Waals surface area (Å²) in [5, 5.41) is 10.2. The molecule has 2 heterocycles. The molecule has 7 nitrogen and oxygen atoms in total. The Morgan fingerprint density at radius 3 is 2.69 bits per heavy atom. The lowest BCUT2D eigenvalue weighted by atomic mass is 10.1. The van der Waals surface area contributed by atoms with Crippen LogP contribution in [-0.4, -0.2) is 59.3 Å². The van der Waals surface area contributed by atoms with Crippen LogP contribution in [0.1, 0.15) is 5.56 Å². The number of para-hydroxylation sites is 1. The molecule has 0 amide bonds. The van der Waals surface area contributed by atoms with Gasteiger partial charge < -0.3 is 15.1 Å². The first-order valence-electron chi connectivity index (χ1n) is 9.64. The van der Waals surface area contributed by atoms with Gasteiger partial charge in [-0.1, -0.05) is 30.3 Å². The highest BCUT2D eigenvalue weighted by Crippen LogP contribution is 2.20. The summed E-state index contributed by atoms with van der Waals surface area (Å²) in [5.41, 5.74) is 2.79. The summed E-state index contributed by atoms with van der Waals surface area (Å²) in [5.74, 6) is 1.43. The second-order valence-electron chi connectivity index (χ2n) is 6.86. The minimum atomic E-state index is -0.171. The number of rotatable bonds is 4. The third-order valence-electron chi connectivity index (χ3n) is 5.05. The quantitative estimate of drug-likeness (QED) is 0.526. The molecule has 4 rings (SSSR count). The number of aliphatic imine (C=N–C) groups is 1. The van der Waals surface area contributed by atoms with Crippen molar-refractivity contribution in [2.24, 2.45) is 4.99 Å². The Morgan fingerprint density at radius 2 is 1.97 bits per heavy atom. The number of H-pyrrole nitrogens is 1. The van der Waals surface area contributed by atoms with Crippen molar-refractivity contribution in [2.75, 3.05) is 38.1 Å². The molecule has 1 aliphatic heterocycles. The first-order chi connectivity index (χ1) is 14.2. The maximum absolute atomic E-state index is 14.0. The van der Waals surface area contributed by atoms with Gasteiger partial charge in [0.25, 0.3) is 0 Å². The fourth-order valence-electron chi connectivity index (χ4n) is 3.55. The van der Waals surface area contributed by atoms with E-state index in [4.69, 9.17) is 0 Å². The summed E-state index contributed by atoms with van der Waals surface area (Å²) in [4.78, 5) is 12.9. The van der Waals surface area contributed by atoms with Crippen molar-refractivity contribution in [3.8, 4) is 11.4 Å². The number of halogens is 1. The van der Waals surface area contributed by atoms with Crippen LogP contribution in [-0.2, 0) is 6.54 Å². The molecule has 0 radical (unpaired) electrons. The molecule has 2 N–H and O–H groups in total. The second-order valence-corrected chi connectivity index (χ2v) is 6.86. The van der Waals surface area contributed by atoms with Crippen molar-refractivity contribution in [1.29, 1.82) is 0 Å². The Hall–Kier alpha value is -3.42. The monoisotopic (exact) mass is 393 g/mol. The van der Waals surface area contributed by atoms with Crippen molar-refractivity contribution < 1.29 is 4.39 Å². The van der Waals surface area contributed by atoms with E-state index < -0.39 is 0 Å². The third-order valence-corrected chi connectivity index (χ3v) is 5.05. The minimum Gasteiger partial charge on any atom is -0.366 e. The smallest absolute Gasteiger partial charge is 0.194 e. The molecule has 0 bridgehead atoms. The summed E-state index contributed by atoms with van der Waals surface area (Å²) >= 11 is 0. The largest absolute Gasteiger partial charge is 0.366 e. The molecule has 29 heavy (non-hydrogen) atoms. The lowest BCUT2D eigenvalue weighted by molar-refractivity contribution is 0.370. The minimum absolute atomic E-state index is 0.171. The highest BCUT2D eigenvalue weighted by atomic mass is 19.1. The van der Waals surface area contributed by atoms with Gasteiger partial charge in [-0.3, -0.25) is 10.1 Å². The van der Waals surface area contributed by atoms with Gasteiger partial charge in [0.1, 0.15) is 12.1 Å². The SMILES string of the molecule is CN=C(NCc1cccc(-c2ncn[nH]2)c1)N1CCN(c2ccccc2F)CC1. The summed E-state index contributed by atoms with van der Waals surface area (Å²) in [6.45, 7) is 3.73. The molecule has 1 aliphatic rings. The number of hydrogen-bond acceptors (Lipinski definition) is 4. The van der Waals surface area contributed by atoms with Crippen molar-refractivity contribution in [2.45, 2.75) is 6.54 Å². The third kappa shape index (κ3) is 4.37. The van der Waals surface area contributed by atoms with E-state index in [-0.39, 0.29) is 5.82 Å². The van der Waals surface area contributed by atoms with Gasteiger partial charge in [0.2, 0.25) is 0 Å². The predicted molar refractivity (Wildman–Crippen MR) is 112 cm³/mol. The zero-order valence-corrected chi connectivity index (χ0v) is 16.3. The first-order valence-corrected chi connectivity index (χ1v) is 9.64. The summed E-state index contributed by atoms with van der Waals surface area (Å²) in [7, 11) is 1.79. The van der Waals surface area contributed by atoms with E-state index in [0.29, 0.717) is 12.2 Å². The maximum atomic E-state index is 14.0. The predicted octanol–water partition coefficient (Wildman–Crippen LogP) is 2.51. The zero-order valence-electron chi connectivity index (χ0n) is 16.3. The number of nitrogens with one attached hydrogen (secondary N) is 2. The molecule has 0 aliphatic carbocycles. The number of benzene rings is 2. The van der Waals surface area contributed by atoms with Crippen LogP contribution in [0.25, 0.3) is 11.4 Å². The number of guanidine groups is 1. The number of aromatic amines is 1. The summed E-state index contributed by atoms with van der Waals surface area (Å²) < 4.78 is 14.0. The van der Waals surface area contributed by atoms with Gasteiger partial charge in [-0.05, 0) is 23.8 Å². The van der Waals surface area contributed by atoms with Gasteiger partial charge in [-0.15, -0.1) is 0 Å². The molecule has 0 spiro atoms.